The van der Waals surface area contributed by atoms with Crippen molar-refractivity contribution < 1.29 is 24.5 Å². The van der Waals surface area contributed by atoms with Crippen LogP contribution in [0.1, 0.15) is 290 Å². The molecule has 370 valence electrons. The van der Waals surface area contributed by atoms with Crippen LogP contribution in [0.2, 0.25) is 0 Å². The van der Waals surface area contributed by atoms with Gasteiger partial charge in [-0.1, -0.05) is 230 Å². The molecule has 0 aliphatic rings. The van der Waals surface area contributed by atoms with Crippen LogP contribution < -0.4 is 5.32 Å². The number of hydrogen-bond donors (Lipinski definition) is 3. The minimum absolute atomic E-state index is 0.00700. The fourth-order valence-electron chi connectivity index (χ4n) is 8.37. The van der Waals surface area contributed by atoms with Gasteiger partial charge in [0.25, 0.3) is 0 Å². The molecular formula is C57H107NO5. The molecule has 2 unspecified atom stereocenters. The van der Waals surface area contributed by atoms with Gasteiger partial charge in [-0.25, -0.2) is 0 Å². The normalized spacial score (nSPS) is 12.9. The second-order valence-corrected chi connectivity index (χ2v) is 18.9. The highest BCUT2D eigenvalue weighted by Gasteiger charge is 2.20. The molecule has 0 aromatic heterocycles. The molecule has 1 amide bonds. The van der Waals surface area contributed by atoms with E-state index in [4.69, 9.17) is 4.74 Å². The van der Waals surface area contributed by atoms with E-state index < -0.39 is 12.1 Å². The summed E-state index contributed by atoms with van der Waals surface area (Å²) in [6, 6.07) is -0.553. The van der Waals surface area contributed by atoms with Crippen molar-refractivity contribution in [3.63, 3.8) is 0 Å². The van der Waals surface area contributed by atoms with E-state index in [0.717, 1.165) is 70.6 Å². The summed E-state index contributed by atoms with van der Waals surface area (Å²) in [5.74, 6) is -0.0607. The zero-order valence-electron chi connectivity index (χ0n) is 42.1. The number of esters is 1. The average molecular weight is 886 g/mol. The van der Waals surface area contributed by atoms with Crippen molar-refractivity contribution in [2.24, 2.45) is 0 Å². The lowest BCUT2D eigenvalue weighted by Gasteiger charge is -2.22. The predicted molar refractivity (Wildman–Crippen MR) is 273 cm³/mol. The van der Waals surface area contributed by atoms with Crippen LogP contribution >= 0.6 is 0 Å². The van der Waals surface area contributed by atoms with Gasteiger partial charge in [-0.15, -0.1) is 0 Å². The molecule has 3 N–H and O–H groups in total. The molecule has 0 aromatic carbocycles. The number of aliphatic hydroxyl groups is 2. The van der Waals surface area contributed by atoms with Crippen LogP contribution in [0.3, 0.4) is 0 Å². The number of rotatable bonds is 51. The second kappa shape index (κ2) is 52.7. The van der Waals surface area contributed by atoms with Crippen molar-refractivity contribution in [3.8, 4) is 0 Å². The van der Waals surface area contributed by atoms with Crippen molar-refractivity contribution >= 4 is 11.9 Å². The SMILES string of the molecule is CCCCC/C=C\C/C=C\CCCCCCCCCCCC(=O)OCCCCCCCCC/C=C\CCCCCCCC(=O)NC(CO)C(O)CCCCCCCCCCCCC. The molecule has 0 radical (unpaired) electrons. The standard InChI is InChI=1S/C57H107NO5/c1-3-5-7-9-11-13-15-16-17-18-19-20-24-27-31-35-39-43-47-51-57(62)63-52-48-44-40-36-32-28-25-22-21-23-26-30-34-38-42-46-50-56(61)58-54(53-59)55(60)49-45-41-37-33-29-14-12-10-8-6-4-2/h11,13,16-17,21,23,54-55,59-60H,3-10,12,14-15,18-20,22,24-53H2,1-2H3,(H,58,61)/b13-11-,17-16-,23-21-. The highest BCUT2D eigenvalue weighted by molar-refractivity contribution is 5.76. The topological polar surface area (TPSA) is 95.9 Å². The predicted octanol–water partition coefficient (Wildman–Crippen LogP) is 16.9. The molecule has 6 heteroatoms. The first-order valence-electron chi connectivity index (χ1n) is 27.7. The molecule has 0 rings (SSSR count). The number of allylic oxidation sites excluding steroid dienone is 6. The molecule has 0 saturated heterocycles. The number of carbonyl (C=O) groups excluding carboxylic acids is 2. The largest absolute Gasteiger partial charge is 0.466 e. The van der Waals surface area contributed by atoms with Gasteiger partial charge >= 0.3 is 5.97 Å². The van der Waals surface area contributed by atoms with Gasteiger partial charge in [0.15, 0.2) is 0 Å². The highest BCUT2D eigenvalue weighted by Crippen LogP contribution is 2.16. The van der Waals surface area contributed by atoms with Gasteiger partial charge in [-0.2, -0.15) is 0 Å². The zero-order valence-corrected chi connectivity index (χ0v) is 42.1. The third kappa shape index (κ3) is 49.4. The maximum Gasteiger partial charge on any atom is 0.305 e. The lowest BCUT2D eigenvalue weighted by molar-refractivity contribution is -0.143. The molecule has 2 atom stereocenters. The van der Waals surface area contributed by atoms with Crippen molar-refractivity contribution in [3.05, 3.63) is 36.5 Å². The fourth-order valence-corrected chi connectivity index (χ4v) is 8.37. The van der Waals surface area contributed by atoms with E-state index in [0.29, 0.717) is 25.9 Å². The maximum atomic E-state index is 12.4. The van der Waals surface area contributed by atoms with E-state index in [1.54, 1.807) is 0 Å². The van der Waals surface area contributed by atoms with Crippen LogP contribution in [0.15, 0.2) is 36.5 Å². The van der Waals surface area contributed by atoms with E-state index >= 15 is 0 Å². The Morgan fingerprint density at radius 1 is 0.444 bits per heavy atom. The summed E-state index contributed by atoms with van der Waals surface area (Å²) in [6.45, 7) is 4.89. The quantitative estimate of drug-likeness (QED) is 0.0321. The molecule has 0 aliphatic carbocycles. The van der Waals surface area contributed by atoms with Crippen LogP contribution in [-0.2, 0) is 14.3 Å². The Morgan fingerprint density at radius 3 is 1.25 bits per heavy atom. The van der Waals surface area contributed by atoms with Crippen LogP contribution in [0.25, 0.3) is 0 Å². The molecule has 0 bridgehead atoms. The van der Waals surface area contributed by atoms with E-state index in [1.165, 1.54) is 186 Å². The lowest BCUT2D eigenvalue weighted by atomic mass is 10.0. The van der Waals surface area contributed by atoms with E-state index in [1.807, 2.05) is 0 Å². The maximum absolute atomic E-state index is 12.4. The molecule has 6 nitrogen and oxygen atoms in total. The summed E-state index contributed by atoms with van der Waals surface area (Å²) in [5.41, 5.74) is 0. The minimum Gasteiger partial charge on any atom is -0.466 e. The molecular weight excluding hydrogens is 779 g/mol. The molecule has 0 heterocycles. The van der Waals surface area contributed by atoms with E-state index in [9.17, 15) is 19.8 Å². The monoisotopic (exact) mass is 886 g/mol. The number of unbranched alkanes of at least 4 members (excludes halogenated alkanes) is 34. The average Bonchev–Trinajstić information content (AvgIpc) is 3.28. The van der Waals surface area contributed by atoms with Crippen molar-refractivity contribution in [1.82, 2.24) is 5.32 Å². The van der Waals surface area contributed by atoms with Crippen LogP contribution in [0.4, 0.5) is 0 Å². The summed E-state index contributed by atoms with van der Waals surface area (Å²) in [5, 5.41) is 23.1. The second-order valence-electron chi connectivity index (χ2n) is 18.9. The Balaban J connectivity index is 3.44. The van der Waals surface area contributed by atoms with Gasteiger partial charge in [0.1, 0.15) is 0 Å². The Labute approximate surface area is 392 Å². The first kappa shape index (κ1) is 61.1. The Kier molecular flexibility index (Phi) is 51.1. The minimum atomic E-state index is -0.674. The molecule has 0 fully saturated rings. The Bertz CT molecular complexity index is 1020. The molecule has 0 spiro atoms. The van der Waals surface area contributed by atoms with E-state index in [2.05, 4.69) is 55.6 Å². The zero-order chi connectivity index (χ0) is 45.8. The summed E-state index contributed by atoms with van der Waals surface area (Å²) < 4.78 is 5.48. The first-order chi connectivity index (χ1) is 31.0. The van der Waals surface area contributed by atoms with Crippen LogP contribution in [0.5, 0.6) is 0 Å². The summed E-state index contributed by atoms with van der Waals surface area (Å²) in [4.78, 5) is 24.5. The number of aliphatic hydroxyl groups excluding tert-OH is 2. The van der Waals surface area contributed by atoms with Gasteiger partial charge in [0.2, 0.25) is 5.91 Å². The first-order valence-corrected chi connectivity index (χ1v) is 27.7. The summed E-state index contributed by atoms with van der Waals surface area (Å²) in [6.07, 6.45) is 64.1. The Morgan fingerprint density at radius 2 is 0.794 bits per heavy atom. The van der Waals surface area contributed by atoms with Crippen LogP contribution in [0, 0.1) is 0 Å². The van der Waals surface area contributed by atoms with Gasteiger partial charge in [-0.05, 0) is 83.5 Å². The lowest BCUT2D eigenvalue weighted by Crippen LogP contribution is -2.45. The number of carbonyl (C=O) groups is 2. The number of hydrogen-bond acceptors (Lipinski definition) is 5. The van der Waals surface area contributed by atoms with Gasteiger partial charge in [0, 0.05) is 12.8 Å². The number of ether oxygens (including phenoxy) is 1. The van der Waals surface area contributed by atoms with Crippen molar-refractivity contribution in [2.45, 2.75) is 302 Å². The summed E-state index contributed by atoms with van der Waals surface area (Å²) >= 11 is 0. The van der Waals surface area contributed by atoms with Crippen molar-refractivity contribution in [2.75, 3.05) is 13.2 Å². The van der Waals surface area contributed by atoms with Gasteiger partial charge in [0.05, 0.1) is 25.4 Å². The Hall–Kier alpha value is -1.92. The summed E-state index contributed by atoms with van der Waals surface area (Å²) in [7, 11) is 0. The number of nitrogens with one attached hydrogen (secondary N) is 1. The molecule has 0 aromatic rings. The number of amides is 1. The van der Waals surface area contributed by atoms with Gasteiger partial charge in [-0.3, -0.25) is 9.59 Å². The molecule has 0 saturated carbocycles. The third-order valence-corrected chi connectivity index (χ3v) is 12.7. The third-order valence-electron chi connectivity index (χ3n) is 12.7. The molecule has 0 aliphatic heterocycles. The van der Waals surface area contributed by atoms with Gasteiger partial charge < -0.3 is 20.3 Å². The highest BCUT2D eigenvalue weighted by atomic mass is 16.5. The van der Waals surface area contributed by atoms with E-state index in [-0.39, 0.29) is 18.5 Å². The smallest absolute Gasteiger partial charge is 0.305 e. The van der Waals surface area contributed by atoms with Crippen LogP contribution in [-0.4, -0.2) is 47.4 Å². The fraction of sp³-hybridized carbons (Fsp3) is 0.860. The van der Waals surface area contributed by atoms with Crippen molar-refractivity contribution in [1.29, 1.82) is 0 Å². The molecule has 63 heavy (non-hydrogen) atoms.